The van der Waals surface area contributed by atoms with Crippen molar-refractivity contribution >= 4 is 28.6 Å². The van der Waals surface area contributed by atoms with Crippen molar-refractivity contribution in [2.45, 2.75) is 0 Å². The third kappa shape index (κ3) is 1.83. The molecular formula is C7H4IO3-. The fraction of sp³-hybridized carbons (Fsp3) is 0. The summed E-state index contributed by atoms with van der Waals surface area (Å²) in [5.41, 5.74) is 0.0677. The van der Waals surface area contributed by atoms with E-state index in [0.29, 0.717) is 3.57 Å². The van der Waals surface area contributed by atoms with Crippen LogP contribution in [-0.2, 0) is 0 Å². The quantitative estimate of drug-likeness (QED) is 0.771. The molecule has 1 N–H and O–H groups in total. The highest BCUT2D eigenvalue weighted by atomic mass is 127. The van der Waals surface area contributed by atoms with Crippen LogP contribution in [0, 0.1) is 3.57 Å². The predicted octanol–water partition coefficient (Wildman–Crippen LogP) is 1.06. The van der Waals surface area contributed by atoms with Crippen LogP contribution in [0.3, 0.4) is 0 Å². The van der Waals surface area contributed by atoms with E-state index in [2.05, 4.69) is 0 Å². The molecule has 1 rings (SSSR count). The Morgan fingerprint density at radius 3 is 2.64 bits per heavy atom. The Hall–Kier alpha value is -0.780. The van der Waals surface area contributed by atoms with E-state index in [1.165, 1.54) is 12.1 Å². The molecule has 0 aliphatic rings. The van der Waals surface area contributed by atoms with Crippen LogP contribution in [0.4, 0.5) is 0 Å². The van der Waals surface area contributed by atoms with Crippen molar-refractivity contribution in [2.24, 2.45) is 0 Å². The Bertz CT molecular complexity index is 296. The Kier molecular flexibility index (Phi) is 2.33. The lowest BCUT2D eigenvalue weighted by molar-refractivity contribution is -0.268. The van der Waals surface area contributed by atoms with Gasteiger partial charge in [0.2, 0.25) is 0 Å². The number of halogens is 1. The number of aromatic carboxylic acids is 1. The van der Waals surface area contributed by atoms with Gasteiger partial charge in [-0.15, -0.1) is 5.75 Å². The van der Waals surface area contributed by atoms with Crippen molar-refractivity contribution in [1.29, 1.82) is 0 Å². The topological polar surface area (TPSA) is 60.4 Å². The normalized spacial score (nSPS) is 9.55. The molecule has 0 aliphatic carbocycles. The van der Waals surface area contributed by atoms with Crippen LogP contribution in [0.5, 0.6) is 5.75 Å². The molecule has 0 fully saturated rings. The number of carboxylic acids is 1. The molecule has 0 heterocycles. The van der Waals surface area contributed by atoms with Gasteiger partial charge in [0.15, 0.2) is 0 Å². The lowest BCUT2D eigenvalue weighted by atomic mass is 10.2. The van der Waals surface area contributed by atoms with Gasteiger partial charge in [0.05, 0.1) is 5.56 Å². The minimum absolute atomic E-state index is 0.0677. The van der Waals surface area contributed by atoms with Crippen LogP contribution in [0.25, 0.3) is 0 Å². The number of hydrogen-bond acceptors (Lipinski definition) is 2. The first kappa shape index (κ1) is 8.32. The Labute approximate surface area is 76.8 Å². The molecule has 4 heteroatoms. The second-order valence-corrected chi connectivity index (χ2v) is 3.11. The molecular weight excluding hydrogens is 259 g/mol. The monoisotopic (exact) mass is 263 g/mol. The maximum atomic E-state index is 10.7. The first-order valence-electron chi connectivity index (χ1n) is 2.81. The summed E-state index contributed by atoms with van der Waals surface area (Å²) in [6.45, 7) is 0. The highest BCUT2D eigenvalue weighted by molar-refractivity contribution is 14.1. The number of rotatable bonds is 1. The van der Waals surface area contributed by atoms with E-state index in [1.54, 1.807) is 0 Å². The van der Waals surface area contributed by atoms with Gasteiger partial charge in [-0.1, -0.05) is 12.1 Å². The van der Waals surface area contributed by atoms with Gasteiger partial charge in [-0.3, -0.25) is 0 Å². The molecule has 1 aromatic carbocycles. The molecule has 0 saturated heterocycles. The van der Waals surface area contributed by atoms with E-state index in [1.807, 2.05) is 22.6 Å². The summed E-state index contributed by atoms with van der Waals surface area (Å²) in [6, 6.07) is 3.95. The van der Waals surface area contributed by atoms with Crippen LogP contribution in [-0.4, -0.2) is 11.1 Å². The molecule has 0 amide bonds. The summed E-state index contributed by atoms with van der Waals surface area (Å²) in [6.07, 6.45) is 0. The summed E-state index contributed by atoms with van der Waals surface area (Å²) in [5.74, 6) is -1.34. The molecule has 11 heavy (non-hydrogen) atoms. The zero-order valence-corrected chi connectivity index (χ0v) is 7.53. The maximum absolute atomic E-state index is 10.7. The number of carboxylic acid groups (broad SMARTS) is 1. The first-order chi connectivity index (χ1) is 5.11. The van der Waals surface area contributed by atoms with E-state index in [9.17, 15) is 9.90 Å². The largest absolute Gasteiger partial charge is 0.872 e. The smallest absolute Gasteiger partial charge is 0.336 e. The van der Waals surface area contributed by atoms with Crippen LogP contribution in [0.2, 0.25) is 0 Å². The molecule has 0 aliphatic heterocycles. The lowest BCUT2D eigenvalue weighted by Gasteiger charge is -2.06. The molecule has 58 valence electrons. The van der Waals surface area contributed by atoms with Crippen molar-refractivity contribution in [3.63, 3.8) is 0 Å². The summed E-state index contributed by atoms with van der Waals surface area (Å²) in [5, 5.41) is 19.2. The molecule has 0 unspecified atom stereocenters. The van der Waals surface area contributed by atoms with Crippen molar-refractivity contribution in [3.8, 4) is 5.75 Å². The van der Waals surface area contributed by atoms with Gasteiger partial charge >= 0.3 is 5.97 Å². The molecule has 0 aromatic heterocycles. The molecule has 0 spiro atoms. The van der Waals surface area contributed by atoms with Gasteiger partial charge in [0.1, 0.15) is 0 Å². The van der Waals surface area contributed by atoms with E-state index in [0.717, 1.165) is 6.07 Å². The third-order valence-corrected chi connectivity index (χ3v) is 2.11. The van der Waals surface area contributed by atoms with Gasteiger partial charge in [-0.2, -0.15) is 0 Å². The van der Waals surface area contributed by atoms with Crippen molar-refractivity contribution in [2.75, 3.05) is 0 Å². The Morgan fingerprint density at radius 1 is 1.55 bits per heavy atom. The average Bonchev–Trinajstić information content (AvgIpc) is 1.94. The van der Waals surface area contributed by atoms with E-state index >= 15 is 0 Å². The van der Waals surface area contributed by atoms with Gasteiger partial charge < -0.3 is 10.2 Å². The van der Waals surface area contributed by atoms with Crippen molar-refractivity contribution < 1.29 is 15.0 Å². The Balaban J connectivity index is 3.23. The van der Waals surface area contributed by atoms with Crippen LogP contribution < -0.4 is 5.11 Å². The first-order valence-corrected chi connectivity index (χ1v) is 3.89. The minimum Gasteiger partial charge on any atom is -0.872 e. The zero-order chi connectivity index (χ0) is 8.43. The third-order valence-electron chi connectivity index (χ3n) is 1.17. The molecule has 0 atom stereocenters. The molecule has 0 bridgehead atoms. The van der Waals surface area contributed by atoms with Crippen molar-refractivity contribution in [3.05, 3.63) is 27.3 Å². The summed E-state index contributed by atoms with van der Waals surface area (Å²) >= 11 is 1.87. The highest BCUT2D eigenvalue weighted by Crippen LogP contribution is 2.16. The maximum Gasteiger partial charge on any atom is 0.336 e. The van der Waals surface area contributed by atoms with Gasteiger partial charge in [-0.25, -0.2) is 4.79 Å². The summed E-state index contributed by atoms with van der Waals surface area (Å²) in [4.78, 5) is 10.4. The fourth-order valence-electron chi connectivity index (χ4n) is 0.668. The van der Waals surface area contributed by atoms with E-state index < -0.39 is 5.97 Å². The SMILES string of the molecule is O=C(O)c1cc([O-])ccc1I. The summed E-state index contributed by atoms with van der Waals surface area (Å²) in [7, 11) is 0. The fourth-order valence-corrected chi connectivity index (χ4v) is 1.23. The average molecular weight is 263 g/mol. The number of carbonyl (C=O) groups is 1. The number of hydrogen-bond donors (Lipinski definition) is 1. The standard InChI is InChI=1S/C7H5IO3/c8-6-2-1-4(9)3-5(6)7(10)11/h1-3,9H,(H,10,11)/p-1. The Morgan fingerprint density at radius 2 is 2.18 bits per heavy atom. The second kappa shape index (κ2) is 3.08. The lowest BCUT2D eigenvalue weighted by Crippen LogP contribution is -2.01. The molecule has 0 saturated carbocycles. The van der Waals surface area contributed by atoms with Gasteiger partial charge in [0.25, 0.3) is 0 Å². The van der Waals surface area contributed by atoms with Crippen LogP contribution in [0.15, 0.2) is 18.2 Å². The minimum atomic E-state index is -1.06. The predicted molar refractivity (Wildman–Crippen MR) is 45.6 cm³/mol. The molecule has 0 radical (unpaired) electrons. The second-order valence-electron chi connectivity index (χ2n) is 1.95. The van der Waals surface area contributed by atoms with Crippen LogP contribution in [0.1, 0.15) is 10.4 Å². The zero-order valence-electron chi connectivity index (χ0n) is 5.37. The highest BCUT2D eigenvalue weighted by Gasteiger charge is 2.05. The van der Waals surface area contributed by atoms with Crippen molar-refractivity contribution in [1.82, 2.24) is 0 Å². The van der Waals surface area contributed by atoms with Crippen LogP contribution >= 0.6 is 22.6 Å². The molecule has 1 aromatic rings. The summed E-state index contributed by atoms with van der Waals surface area (Å²) < 4.78 is 0.578. The number of benzene rings is 1. The van der Waals surface area contributed by atoms with Gasteiger partial charge in [-0.05, 0) is 28.7 Å². The van der Waals surface area contributed by atoms with E-state index in [-0.39, 0.29) is 11.3 Å². The molecule has 3 nitrogen and oxygen atoms in total. The van der Waals surface area contributed by atoms with Gasteiger partial charge in [0, 0.05) is 3.57 Å². The van der Waals surface area contributed by atoms with E-state index in [4.69, 9.17) is 5.11 Å².